The summed E-state index contributed by atoms with van der Waals surface area (Å²) in [6.45, 7) is 9.94. The van der Waals surface area contributed by atoms with Gasteiger partial charge in [-0.2, -0.15) is 0 Å². The van der Waals surface area contributed by atoms with Gasteiger partial charge in [0.25, 0.3) is 0 Å². The lowest BCUT2D eigenvalue weighted by atomic mass is 9.94. The minimum atomic E-state index is -0.0872. The van der Waals surface area contributed by atoms with Crippen LogP contribution in [0.25, 0.3) is 0 Å². The molecule has 2 rings (SSSR count). The third-order valence-electron chi connectivity index (χ3n) is 4.27. The highest BCUT2D eigenvalue weighted by Crippen LogP contribution is 2.22. The van der Waals surface area contributed by atoms with Crippen LogP contribution >= 0.6 is 24.0 Å². The predicted octanol–water partition coefficient (Wildman–Crippen LogP) is 2.74. The average molecular weight is 528 g/mol. The van der Waals surface area contributed by atoms with Crippen molar-refractivity contribution in [2.24, 2.45) is 4.99 Å². The second-order valence-corrected chi connectivity index (χ2v) is 7.80. The van der Waals surface area contributed by atoms with Gasteiger partial charge >= 0.3 is 0 Å². The summed E-state index contributed by atoms with van der Waals surface area (Å²) in [5, 5.41) is 6.29. The molecule has 2 N–H and O–H groups in total. The number of nitrogens with one attached hydrogen (secondary N) is 2. The third kappa shape index (κ3) is 8.68. The molecule has 0 aromatic carbocycles. The number of carbonyl (C=O) groups excluding carboxylic acids is 1. The van der Waals surface area contributed by atoms with Crippen molar-refractivity contribution in [3.63, 3.8) is 0 Å². The van der Waals surface area contributed by atoms with Gasteiger partial charge in [-0.1, -0.05) is 26.8 Å². The quantitative estimate of drug-likeness (QED) is 0.311. The molecule has 166 valence electrons. The number of hydrogen-bond donors (Lipinski definition) is 2. The molecule has 0 unspecified atom stereocenters. The highest BCUT2D eigenvalue weighted by molar-refractivity contribution is 14.0. The van der Waals surface area contributed by atoms with Crippen molar-refractivity contribution in [3.8, 4) is 0 Å². The molecule has 0 saturated carbocycles. The molecule has 9 heteroatoms. The summed E-state index contributed by atoms with van der Waals surface area (Å²) in [4.78, 5) is 27.0. The van der Waals surface area contributed by atoms with Gasteiger partial charge in [-0.3, -0.25) is 9.78 Å². The third-order valence-corrected chi connectivity index (χ3v) is 4.27. The molecular weight excluding hydrogens is 495 g/mol. The maximum absolute atomic E-state index is 12.4. The molecule has 2 heterocycles. The summed E-state index contributed by atoms with van der Waals surface area (Å²) in [7, 11) is 1.78. The second kappa shape index (κ2) is 12.5. The predicted molar refractivity (Wildman–Crippen MR) is 129 cm³/mol. The number of halogens is 1. The number of rotatable bonds is 8. The fraction of sp³-hybridized carbons (Fsp3) is 0.524. The summed E-state index contributed by atoms with van der Waals surface area (Å²) >= 11 is 0. The second-order valence-electron chi connectivity index (χ2n) is 7.80. The number of amides is 1. The number of carbonyl (C=O) groups is 1. The molecule has 0 radical (unpaired) electrons. The summed E-state index contributed by atoms with van der Waals surface area (Å²) in [6, 6.07) is 5.78. The fourth-order valence-corrected chi connectivity index (χ4v) is 2.46. The summed E-state index contributed by atoms with van der Waals surface area (Å²) in [6.07, 6.45) is 4.22. The number of aromatic nitrogens is 2. The zero-order valence-corrected chi connectivity index (χ0v) is 20.8. The lowest BCUT2D eigenvalue weighted by Gasteiger charge is -2.16. The Balaban J connectivity index is 0.00000450. The van der Waals surface area contributed by atoms with Crippen molar-refractivity contribution in [3.05, 3.63) is 47.9 Å². The van der Waals surface area contributed by atoms with Gasteiger partial charge in [0, 0.05) is 43.9 Å². The number of pyridine rings is 1. The topological polar surface area (TPSA) is 95.7 Å². The molecule has 0 aliphatic heterocycles. The van der Waals surface area contributed by atoms with Gasteiger partial charge in [0.15, 0.2) is 5.96 Å². The number of nitrogens with zero attached hydrogens (tertiary/aromatic N) is 4. The lowest BCUT2D eigenvalue weighted by Crippen LogP contribution is -2.38. The Bertz CT molecular complexity index is 801. The zero-order valence-electron chi connectivity index (χ0n) is 18.4. The Morgan fingerprint density at radius 3 is 2.60 bits per heavy atom. The van der Waals surface area contributed by atoms with Crippen LogP contribution in [-0.4, -0.2) is 53.4 Å². The van der Waals surface area contributed by atoms with Crippen LogP contribution in [0.2, 0.25) is 0 Å². The molecule has 0 aliphatic carbocycles. The Labute approximate surface area is 196 Å². The van der Waals surface area contributed by atoms with E-state index in [1.807, 2.05) is 25.1 Å². The van der Waals surface area contributed by atoms with Gasteiger partial charge < -0.3 is 20.0 Å². The van der Waals surface area contributed by atoms with E-state index in [4.69, 9.17) is 4.42 Å². The van der Waals surface area contributed by atoms with Gasteiger partial charge in [0.05, 0.1) is 12.7 Å². The van der Waals surface area contributed by atoms with Crippen molar-refractivity contribution in [2.75, 3.05) is 26.7 Å². The minimum absolute atomic E-state index is 0. The van der Waals surface area contributed by atoms with Crippen molar-refractivity contribution in [1.29, 1.82) is 0 Å². The van der Waals surface area contributed by atoms with E-state index in [-0.39, 0.29) is 41.8 Å². The summed E-state index contributed by atoms with van der Waals surface area (Å²) in [5.41, 5.74) is 0.877. The van der Waals surface area contributed by atoms with E-state index < -0.39 is 0 Å². The Hall–Kier alpha value is -2.17. The standard InChI is InChI=1S/C21H32N6O2.HI/c1-6-22-20(25-14-18-24-13-17(29-18)21(2,3)4)26-15-19(28)27(5)12-10-16-9-7-8-11-23-16;/h7-9,11,13H,6,10,12,14-15H2,1-5H3,(H2,22,25,26);1H. The van der Waals surface area contributed by atoms with Gasteiger partial charge in [-0.25, -0.2) is 9.98 Å². The summed E-state index contributed by atoms with van der Waals surface area (Å²) < 4.78 is 5.78. The monoisotopic (exact) mass is 528 g/mol. The SMILES string of the molecule is CCNC(=NCC(=O)N(C)CCc1ccccn1)NCc1ncc(C(C)(C)C)o1.I. The maximum atomic E-state index is 12.4. The summed E-state index contributed by atoms with van der Waals surface area (Å²) in [5.74, 6) is 1.92. The van der Waals surface area contributed by atoms with E-state index in [1.165, 1.54) is 0 Å². The van der Waals surface area contributed by atoms with E-state index in [2.05, 4.69) is 46.4 Å². The number of oxazole rings is 1. The van der Waals surface area contributed by atoms with E-state index in [1.54, 1.807) is 24.3 Å². The van der Waals surface area contributed by atoms with Crippen LogP contribution in [-0.2, 0) is 23.2 Å². The normalized spacial score (nSPS) is 11.6. The van der Waals surface area contributed by atoms with Gasteiger partial charge in [-0.05, 0) is 19.1 Å². The molecule has 2 aromatic heterocycles. The lowest BCUT2D eigenvalue weighted by molar-refractivity contribution is -0.128. The van der Waals surface area contributed by atoms with Gasteiger partial charge in [0.1, 0.15) is 12.3 Å². The molecule has 0 saturated heterocycles. The van der Waals surface area contributed by atoms with E-state index >= 15 is 0 Å². The molecule has 30 heavy (non-hydrogen) atoms. The van der Waals surface area contributed by atoms with Crippen LogP contribution < -0.4 is 10.6 Å². The Kier molecular flexibility index (Phi) is 10.8. The van der Waals surface area contributed by atoms with Gasteiger partial charge in [0.2, 0.25) is 11.8 Å². The molecule has 0 aliphatic rings. The number of guanidine groups is 1. The largest absolute Gasteiger partial charge is 0.443 e. The van der Waals surface area contributed by atoms with E-state index in [0.717, 1.165) is 11.5 Å². The highest BCUT2D eigenvalue weighted by atomic mass is 127. The van der Waals surface area contributed by atoms with E-state index in [0.29, 0.717) is 37.9 Å². The van der Waals surface area contributed by atoms with Crippen molar-refractivity contribution < 1.29 is 9.21 Å². The highest BCUT2D eigenvalue weighted by Gasteiger charge is 2.19. The first-order valence-corrected chi connectivity index (χ1v) is 9.91. The van der Waals surface area contributed by atoms with Crippen molar-refractivity contribution >= 4 is 35.8 Å². The van der Waals surface area contributed by atoms with Crippen LogP contribution in [0, 0.1) is 0 Å². The number of likely N-dealkylation sites (N-methyl/N-ethyl adjacent to an activating group) is 1. The number of hydrogen-bond acceptors (Lipinski definition) is 5. The van der Waals surface area contributed by atoms with Gasteiger partial charge in [-0.15, -0.1) is 24.0 Å². The Morgan fingerprint density at radius 2 is 2.00 bits per heavy atom. The fourth-order valence-electron chi connectivity index (χ4n) is 2.46. The first-order chi connectivity index (χ1) is 13.8. The molecule has 1 amide bonds. The van der Waals surface area contributed by atoms with Crippen LogP contribution in [0.15, 0.2) is 40.0 Å². The molecular formula is C21H33IN6O2. The molecule has 0 spiro atoms. The van der Waals surface area contributed by atoms with Crippen LogP contribution in [0.1, 0.15) is 45.0 Å². The molecule has 8 nitrogen and oxygen atoms in total. The Morgan fingerprint density at radius 1 is 1.23 bits per heavy atom. The van der Waals surface area contributed by atoms with Crippen LogP contribution in [0.3, 0.4) is 0 Å². The first-order valence-electron chi connectivity index (χ1n) is 9.91. The molecule has 0 atom stereocenters. The van der Waals surface area contributed by atoms with Crippen molar-refractivity contribution in [2.45, 2.75) is 46.1 Å². The van der Waals surface area contributed by atoms with E-state index in [9.17, 15) is 4.79 Å². The first kappa shape index (κ1) is 25.9. The molecule has 2 aromatic rings. The average Bonchev–Trinajstić information content (AvgIpc) is 3.18. The zero-order chi connectivity index (χ0) is 21.3. The molecule has 0 bridgehead atoms. The smallest absolute Gasteiger partial charge is 0.244 e. The number of aliphatic imine (C=N–C) groups is 1. The maximum Gasteiger partial charge on any atom is 0.244 e. The van der Waals surface area contributed by atoms with Crippen LogP contribution in [0.5, 0.6) is 0 Å². The minimum Gasteiger partial charge on any atom is -0.443 e. The van der Waals surface area contributed by atoms with Crippen molar-refractivity contribution in [1.82, 2.24) is 25.5 Å². The molecule has 0 fully saturated rings. The van der Waals surface area contributed by atoms with Crippen LogP contribution in [0.4, 0.5) is 0 Å².